The van der Waals surface area contributed by atoms with Gasteiger partial charge in [-0.05, 0) is 24.1 Å². The fourth-order valence-electron chi connectivity index (χ4n) is 2.07. The molecule has 1 aliphatic heterocycles. The first-order valence-corrected chi connectivity index (χ1v) is 8.63. The molecule has 1 aromatic rings. The van der Waals surface area contributed by atoms with Crippen molar-refractivity contribution < 1.29 is 18.0 Å². The normalized spacial score (nSPS) is 17.0. The Bertz CT molecular complexity index is 524. The summed E-state index contributed by atoms with van der Waals surface area (Å²) in [4.78, 5) is 9.65. The fraction of sp³-hybridized carbons (Fsp3) is 0.571. The topological polar surface area (TPSA) is 67.9 Å². The molecule has 1 saturated heterocycles. The molecule has 21 heavy (non-hydrogen) atoms. The maximum atomic E-state index is 12.0. The van der Waals surface area contributed by atoms with E-state index >= 15 is 0 Å². The number of nitrogens with one attached hydrogen (secondary N) is 1. The van der Waals surface area contributed by atoms with Gasteiger partial charge < -0.3 is 4.74 Å². The van der Waals surface area contributed by atoms with Crippen molar-refractivity contribution in [2.75, 3.05) is 39.5 Å². The van der Waals surface area contributed by atoms with Gasteiger partial charge in [-0.3, -0.25) is 9.74 Å². The molecule has 0 aliphatic carbocycles. The summed E-state index contributed by atoms with van der Waals surface area (Å²) in [6.45, 7) is 6.16. The Labute approximate surface area is 126 Å². The lowest BCUT2D eigenvalue weighted by Gasteiger charge is -2.26. The van der Waals surface area contributed by atoms with Crippen molar-refractivity contribution >= 4 is 10.0 Å². The number of hydrogen-bond donors (Lipinski definition) is 1. The molecule has 7 heteroatoms. The molecule has 1 heterocycles. The number of morpholine rings is 1. The molecular formula is C14H22N2O4S. The van der Waals surface area contributed by atoms with Crippen LogP contribution in [0.1, 0.15) is 12.5 Å². The number of nitrogens with zero attached hydrogens (tertiary/aromatic N) is 1. The SMILES string of the molecule is CCc1ccc(S(=O)(=O)NOCCN2CCOCC2)cc1. The fourth-order valence-corrected chi connectivity index (χ4v) is 2.90. The smallest absolute Gasteiger partial charge is 0.262 e. The van der Waals surface area contributed by atoms with Crippen LogP contribution in [0.2, 0.25) is 0 Å². The van der Waals surface area contributed by atoms with Crippen LogP contribution in [0.15, 0.2) is 29.2 Å². The summed E-state index contributed by atoms with van der Waals surface area (Å²) in [7, 11) is -3.60. The second-order valence-corrected chi connectivity index (χ2v) is 6.53. The van der Waals surface area contributed by atoms with Crippen molar-refractivity contribution in [2.24, 2.45) is 0 Å². The van der Waals surface area contributed by atoms with Gasteiger partial charge in [-0.15, -0.1) is 0 Å². The largest absolute Gasteiger partial charge is 0.379 e. The van der Waals surface area contributed by atoms with E-state index in [2.05, 4.69) is 9.79 Å². The van der Waals surface area contributed by atoms with Gasteiger partial charge in [-0.1, -0.05) is 23.9 Å². The molecule has 0 atom stereocenters. The van der Waals surface area contributed by atoms with E-state index in [0.717, 1.165) is 38.3 Å². The van der Waals surface area contributed by atoms with Crippen LogP contribution in [0.4, 0.5) is 0 Å². The van der Waals surface area contributed by atoms with Crippen LogP contribution < -0.4 is 4.89 Å². The molecule has 0 amide bonds. The van der Waals surface area contributed by atoms with Gasteiger partial charge in [-0.2, -0.15) is 0 Å². The lowest BCUT2D eigenvalue weighted by molar-refractivity contribution is 0.0125. The molecule has 0 unspecified atom stereocenters. The Hall–Kier alpha value is -0.990. The third kappa shape index (κ3) is 5.05. The summed E-state index contributed by atoms with van der Waals surface area (Å²) in [5.74, 6) is 0. The highest BCUT2D eigenvalue weighted by Crippen LogP contribution is 2.10. The highest BCUT2D eigenvalue weighted by molar-refractivity contribution is 7.89. The van der Waals surface area contributed by atoms with Crippen LogP contribution in [-0.4, -0.2) is 52.8 Å². The van der Waals surface area contributed by atoms with Gasteiger partial charge in [0.15, 0.2) is 0 Å². The standard InChI is InChI=1S/C14H22N2O4S/c1-2-13-3-5-14(6-4-13)21(17,18)15-20-12-9-16-7-10-19-11-8-16/h3-6,15H,2,7-12H2,1H3. The first kappa shape index (κ1) is 16.4. The van der Waals surface area contributed by atoms with E-state index in [9.17, 15) is 8.42 Å². The summed E-state index contributed by atoms with van der Waals surface area (Å²) >= 11 is 0. The molecule has 118 valence electrons. The van der Waals surface area contributed by atoms with E-state index in [0.29, 0.717) is 13.2 Å². The molecule has 6 nitrogen and oxygen atoms in total. The number of sulfonamides is 1. The number of rotatable bonds is 7. The van der Waals surface area contributed by atoms with E-state index in [-0.39, 0.29) is 4.90 Å². The summed E-state index contributed by atoms with van der Waals surface area (Å²) in [5, 5.41) is 0. The minimum absolute atomic E-state index is 0.214. The molecule has 1 fully saturated rings. The summed E-state index contributed by atoms with van der Waals surface area (Å²) in [5.41, 5.74) is 1.10. The minimum Gasteiger partial charge on any atom is -0.379 e. The average molecular weight is 314 g/mol. The van der Waals surface area contributed by atoms with Crippen LogP contribution in [0.3, 0.4) is 0 Å². The molecule has 0 spiro atoms. The maximum absolute atomic E-state index is 12.0. The second-order valence-electron chi connectivity index (χ2n) is 4.89. The molecule has 1 aromatic carbocycles. The zero-order valence-corrected chi connectivity index (χ0v) is 13.1. The average Bonchev–Trinajstić information content (AvgIpc) is 2.53. The number of ether oxygens (including phenoxy) is 1. The predicted molar refractivity (Wildman–Crippen MR) is 79.4 cm³/mol. The van der Waals surface area contributed by atoms with Crippen molar-refractivity contribution in [1.82, 2.24) is 9.79 Å². The van der Waals surface area contributed by atoms with Crippen LogP contribution in [0.25, 0.3) is 0 Å². The van der Waals surface area contributed by atoms with E-state index in [4.69, 9.17) is 9.57 Å². The summed E-state index contributed by atoms with van der Waals surface area (Å²) in [6, 6.07) is 6.80. The molecule has 1 N–H and O–H groups in total. The Morgan fingerprint density at radius 1 is 1.24 bits per heavy atom. The van der Waals surface area contributed by atoms with Crippen molar-refractivity contribution in [3.8, 4) is 0 Å². The lowest BCUT2D eigenvalue weighted by atomic mass is 10.2. The Morgan fingerprint density at radius 2 is 1.90 bits per heavy atom. The van der Waals surface area contributed by atoms with E-state index < -0.39 is 10.0 Å². The van der Waals surface area contributed by atoms with Crippen molar-refractivity contribution in [2.45, 2.75) is 18.2 Å². The van der Waals surface area contributed by atoms with Crippen LogP contribution in [0.5, 0.6) is 0 Å². The Kier molecular flexibility index (Phi) is 6.13. The van der Waals surface area contributed by atoms with E-state index in [1.807, 2.05) is 19.1 Å². The molecule has 0 bridgehead atoms. The highest BCUT2D eigenvalue weighted by Gasteiger charge is 2.14. The number of aryl methyl sites for hydroxylation is 1. The summed E-state index contributed by atoms with van der Waals surface area (Å²) in [6.07, 6.45) is 0.879. The Morgan fingerprint density at radius 3 is 2.52 bits per heavy atom. The third-order valence-corrected chi connectivity index (χ3v) is 4.65. The predicted octanol–water partition coefficient (Wildman–Crippen LogP) is 0.791. The lowest BCUT2D eigenvalue weighted by Crippen LogP contribution is -2.39. The first-order chi connectivity index (χ1) is 10.1. The third-order valence-electron chi connectivity index (χ3n) is 3.42. The quantitative estimate of drug-likeness (QED) is 0.595. The molecule has 0 radical (unpaired) electrons. The molecule has 1 aliphatic rings. The first-order valence-electron chi connectivity index (χ1n) is 7.14. The minimum atomic E-state index is -3.60. The summed E-state index contributed by atoms with van der Waals surface area (Å²) < 4.78 is 29.3. The number of benzene rings is 1. The molecule has 0 aromatic heterocycles. The highest BCUT2D eigenvalue weighted by atomic mass is 32.2. The van der Waals surface area contributed by atoms with Gasteiger partial charge in [0.05, 0.1) is 24.7 Å². The Balaban J connectivity index is 1.77. The van der Waals surface area contributed by atoms with Gasteiger partial charge >= 0.3 is 0 Å². The molecular weight excluding hydrogens is 292 g/mol. The van der Waals surface area contributed by atoms with Crippen LogP contribution in [0, 0.1) is 0 Å². The monoisotopic (exact) mass is 314 g/mol. The van der Waals surface area contributed by atoms with Gasteiger partial charge in [0.1, 0.15) is 0 Å². The zero-order valence-electron chi connectivity index (χ0n) is 12.2. The molecule has 2 rings (SSSR count). The van der Waals surface area contributed by atoms with Gasteiger partial charge in [-0.25, -0.2) is 8.42 Å². The second kappa shape index (κ2) is 7.86. The molecule has 0 saturated carbocycles. The zero-order chi connectivity index (χ0) is 15.1. The van der Waals surface area contributed by atoms with Crippen molar-refractivity contribution in [1.29, 1.82) is 0 Å². The van der Waals surface area contributed by atoms with E-state index in [1.54, 1.807) is 12.1 Å². The number of hydrogen-bond acceptors (Lipinski definition) is 5. The maximum Gasteiger partial charge on any atom is 0.262 e. The van der Waals surface area contributed by atoms with E-state index in [1.165, 1.54) is 0 Å². The van der Waals surface area contributed by atoms with Gasteiger partial charge in [0.25, 0.3) is 10.0 Å². The van der Waals surface area contributed by atoms with Crippen molar-refractivity contribution in [3.63, 3.8) is 0 Å². The van der Waals surface area contributed by atoms with Crippen LogP contribution in [-0.2, 0) is 26.0 Å². The van der Waals surface area contributed by atoms with Crippen LogP contribution >= 0.6 is 0 Å². The van der Waals surface area contributed by atoms with Gasteiger partial charge in [0, 0.05) is 19.6 Å². The van der Waals surface area contributed by atoms with Gasteiger partial charge in [0.2, 0.25) is 0 Å². The van der Waals surface area contributed by atoms with Crippen molar-refractivity contribution in [3.05, 3.63) is 29.8 Å².